The highest BCUT2D eigenvalue weighted by atomic mass is 35.5. The Hall–Kier alpha value is -4.01. The molecule has 0 aliphatic heterocycles. The van der Waals surface area contributed by atoms with Crippen molar-refractivity contribution in [3.8, 4) is 5.69 Å². The van der Waals surface area contributed by atoms with Gasteiger partial charge in [-0.3, -0.25) is 10.1 Å². The first kappa shape index (κ1) is 25.6. The summed E-state index contributed by atoms with van der Waals surface area (Å²) in [5.41, 5.74) is 5.69. The van der Waals surface area contributed by atoms with E-state index in [1.165, 1.54) is 5.69 Å². The number of aromatic nitrogens is 3. The van der Waals surface area contributed by atoms with Gasteiger partial charge in [-0.15, -0.1) is 10.2 Å². The maximum absolute atomic E-state index is 13.0. The van der Waals surface area contributed by atoms with Crippen molar-refractivity contribution < 1.29 is 4.79 Å². The third kappa shape index (κ3) is 5.05. The summed E-state index contributed by atoms with van der Waals surface area (Å²) in [5, 5.41) is 17.6. The normalized spacial score (nSPS) is 11.1. The van der Waals surface area contributed by atoms with Gasteiger partial charge in [0.1, 0.15) is 11.0 Å². The van der Waals surface area contributed by atoms with Crippen LogP contribution in [0, 0.1) is 6.92 Å². The lowest BCUT2D eigenvalue weighted by molar-refractivity contribution is 0.0979. The Kier molecular flexibility index (Phi) is 7.26. The molecular weight excluding hydrogens is 516 g/mol. The van der Waals surface area contributed by atoms with E-state index in [1.807, 2.05) is 49.4 Å². The molecule has 7 nitrogen and oxygen atoms in total. The summed E-state index contributed by atoms with van der Waals surface area (Å²) >= 11 is 11.8. The largest absolute Gasteiger partial charge is 0.372 e. The summed E-state index contributed by atoms with van der Waals surface area (Å²) in [4.78, 5) is 16.9. The molecule has 38 heavy (non-hydrogen) atoms. The van der Waals surface area contributed by atoms with Gasteiger partial charge in [-0.1, -0.05) is 35.9 Å². The third-order valence-corrected chi connectivity index (χ3v) is 7.06. The van der Waals surface area contributed by atoms with Crippen molar-refractivity contribution in [2.24, 2.45) is 0 Å². The Morgan fingerprint density at radius 3 is 2.32 bits per heavy atom. The number of anilines is 2. The highest BCUT2D eigenvalue weighted by Gasteiger charge is 2.14. The van der Waals surface area contributed by atoms with E-state index in [0.717, 1.165) is 46.3 Å². The lowest BCUT2D eigenvalue weighted by Crippen LogP contribution is -2.34. The number of thiocarbonyl (C=S) groups is 1. The standard InChI is InChI=1S/C29H27ClN6OS/c1-4-35(5-2)19-12-14-20(15-13-19)36-33-26-16-18(3)25(17-27(26)34-36)31-29(38)32-28(37)23-10-6-9-22-21(23)8-7-11-24(22)30/h6-17H,4-5H2,1-3H3,(H2,31,32,37,38). The van der Waals surface area contributed by atoms with Gasteiger partial charge in [-0.05, 0) is 92.5 Å². The SMILES string of the molecule is CCN(CC)c1ccc(-n2nc3cc(C)c(NC(=S)NC(=O)c4cccc5c(Cl)cccc45)cc3n2)cc1. The molecule has 0 saturated heterocycles. The molecule has 1 heterocycles. The zero-order chi connectivity index (χ0) is 26.8. The molecule has 0 aliphatic carbocycles. The molecule has 0 bridgehead atoms. The summed E-state index contributed by atoms with van der Waals surface area (Å²) in [6.45, 7) is 8.14. The van der Waals surface area contributed by atoms with E-state index in [0.29, 0.717) is 16.1 Å². The van der Waals surface area contributed by atoms with Crippen LogP contribution in [0.15, 0.2) is 72.8 Å². The average molecular weight is 543 g/mol. The molecule has 4 aromatic carbocycles. The van der Waals surface area contributed by atoms with Gasteiger partial charge in [0.25, 0.3) is 5.91 Å². The first-order valence-electron chi connectivity index (χ1n) is 12.4. The first-order valence-corrected chi connectivity index (χ1v) is 13.2. The number of fused-ring (bicyclic) bond motifs is 2. The van der Waals surface area contributed by atoms with Crippen LogP contribution in [0.1, 0.15) is 29.8 Å². The van der Waals surface area contributed by atoms with Crippen LogP contribution >= 0.6 is 23.8 Å². The number of carbonyl (C=O) groups is 1. The summed E-state index contributed by atoms with van der Waals surface area (Å²) in [7, 11) is 0. The zero-order valence-electron chi connectivity index (χ0n) is 21.3. The van der Waals surface area contributed by atoms with Crippen molar-refractivity contribution in [3.05, 3.63) is 88.9 Å². The summed E-state index contributed by atoms with van der Waals surface area (Å²) in [6, 6.07) is 23.0. The fourth-order valence-corrected chi connectivity index (χ4v) is 4.94. The highest BCUT2D eigenvalue weighted by molar-refractivity contribution is 7.80. The Morgan fingerprint density at radius 2 is 1.61 bits per heavy atom. The molecule has 0 spiro atoms. The van der Waals surface area contributed by atoms with E-state index >= 15 is 0 Å². The average Bonchev–Trinajstić information content (AvgIpc) is 3.32. The number of benzene rings is 4. The van der Waals surface area contributed by atoms with Crippen molar-refractivity contribution in [2.45, 2.75) is 20.8 Å². The van der Waals surface area contributed by atoms with Crippen LogP contribution in [0.4, 0.5) is 11.4 Å². The lowest BCUT2D eigenvalue weighted by atomic mass is 10.0. The minimum Gasteiger partial charge on any atom is -0.372 e. The van der Waals surface area contributed by atoms with E-state index in [2.05, 4.69) is 51.7 Å². The van der Waals surface area contributed by atoms with Crippen molar-refractivity contribution in [2.75, 3.05) is 23.3 Å². The lowest BCUT2D eigenvalue weighted by Gasteiger charge is -2.20. The van der Waals surface area contributed by atoms with Gasteiger partial charge >= 0.3 is 0 Å². The van der Waals surface area contributed by atoms with Crippen LogP contribution in [0.5, 0.6) is 0 Å². The number of amides is 1. The number of hydrogen-bond acceptors (Lipinski definition) is 5. The van der Waals surface area contributed by atoms with Crippen molar-refractivity contribution in [1.82, 2.24) is 20.3 Å². The molecule has 5 rings (SSSR count). The Balaban J connectivity index is 1.34. The molecule has 0 atom stereocenters. The molecule has 5 aromatic rings. The highest BCUT2D eigenvalue weighted by Crippen LogP contribution is 2.26. The molecule has 1 aromatic heterocycles. The van der Waals surface area contributed by atoms with E-state index in [9.17, 15) is 4.79 Å². The molecular formula is C29H27ClN6OS. The van der Waals surface area contributed by atoms with Crippen molar-refractivity contribution in [1.29, 1.82) is 0 Å². The zero-order valence-corrected chi connectivity index (χ0v) is 22.9. The van der Waals surface area contributed by atoms with Gasteiger partial charge in [0.05, 0.1) is 5.69 Å². The molecule has 0 saturated carbocycles. The van der Waals surface area contributed by atoms with Crippen molar-refractivity contribution in [3.63, 3.8) is 0 Å². The molecule has 0 unspecified atom stereocenters. The maximum atomic E-state index is 13.0. The topological polar surface area (TPSA) is 75.1 Å². The second-order valence-corrected chi connectivity index (χ2v) is 9.70. The number of rotatable bonds is 6. The second kappa shape index (κ2) is 10.8. The van der Waals surface area contributed by atoms with E-state index in [4.69, 9.17) is 23.8 Å². The fraction of sp³-hybridized carbons (Fsp3) is 0.172. The fourth-order valence-electron chi connectivity index (χ4n) is 4.50. The molecule has 0 radical (unpaired) electrons. The Morgan fingerprint density at radius 1 is 0.947 bits per heavy atom. The smallest absolute Gasteiger partial charge is 0.258 e. The molecule has 2 N–H and O–H groups in total. The molecule has 9 heteroatoms. The molecule has 1 amide bonds. The van der Waals surface area contributed by atoms with Crippen LogP contribution in [-0.2, 0) is 0 Å². The number of nitrogens with one attached hydrogen (secondary N) is 2. The number of carbonyl (C=O) groups excluding carboxylic acids is 1. The van der Waals surface area contributed by atoms with Crippen LogP contribution in [0.25, 0.3) is 27.5 Å². The predicted molar refractivity (Wildman–Crippen MR) is 160 cm³/mol. The number of aryl methyl sites for hydroxylation is 1. The van der Waals surface area contributed by atoms with Gasteiger partial charge in [0.2, 0.25) is 0 Å². The van der Waals surface area contributed by atoms with Gasteiger partial charge in [0, 0.05) is 40.4 Å². The number of hydrogen-bond donors (Lipinski definition) is 2. The van der Waals surface area contributed by atoms with Gasteiger partial charge in [-0.2, -0.15) is 4.80 Å². The predicted octanol–water partition coefficient (Wildman–Crippen LogP) is 6.51. The van der Waals surface area contributed by atoms with Crippen molar-refractivity contribution >= 4 is 68.0 Å². The minimum atomic E-state index is -0.312. The van der Waals surface area contributed by atoms with Gasteiger partial charge in [0.15, 0.2) is 5.11 Å². The molecule has 0 aliphatic rings. The van der Waals surface area contributed by atoms with Crippen LogP contribution in [-0.4, -0.2) is 39.1 Å². The van der Waals surface area contributed by atoms with Crippen LogP contribution < -0.4 is 15.5 Å². The van der Waals surface area contributed by atoms with Gasteiger partial charge < -0.3 is 10.2 Å². The summed E-state index contributed by atoms with van der Waals surface area (Å²) < 4.78 is 0. The maximum Gasteiger partial charge on any atom is 0.258 e. The first-order chi connectivity index (χ1) is 18.4. The summed E-state index contributed by atoms with van der Waals surface area (Å²) in [5.74, 6) is -0.312. The quantitative estimate of drug-likeness (QED) is 0.238. The number of halogens is 1. The monoisotopic (exact) mass is 542 g/mol. The van der Waals surface area contributed by atoms with E-state index in [-0.39, 0.29) is 11.0 Å². The summed E-state index contributed by atoms with van der Waals surface area (Å²) in [6.07, 6.45) is 0. The van der Waals surface area contributed by atoms with Gasteiger partial charge in [-0.25, -0.2) is 0 Å². The second-order valence-electron chi connectivity index (χ2n) is 8.88. The van der Waals surface area contributed by atoms with E-state index < -0.39 is 0 Å². The van der Waals surface area contributed by atoms with Crippen LogP contribution in [0.3, 0.4) is 0 Å². The Labute approximate surface area is 231 Å². The third-order valence-electron chi connectivity index (χ3n) is 6.52. The molecule has 192 valence electrons. The number of nitrogens with zero attached hydrogens (tertiary/aromatic N) is 4. The molecule has 0 fully saturated rings. The Bertz CT molecular complexity index is 1660. The van der Waals surface area contributed by atoms with E-state index in [1.54, 1.807) is 23.0 Å². The minimum absolute atomic E-state index is 0.191. The van der Waals surface area contributed by atoms with Crippen LogP contribution in [0.2, 0.25) is 5.02 Å².